The van der Waals surface area contributed by atoms with E-state index in [1.165, 1.54) is 5.56 Å². The second-order valence-electron chi connectivity index (χ2n) is 6.72. The fraction of sp³-hybridized carbons (Fsp3) is 0.286. The Hall–Kier alpha value is -3.15. The van der Waals surface area contributed by atoms with Crippen molar-refractivity contribution in [2.24, 2.45) is 0 Å². The SMILES string of the molecule is COc1cccc(C[C@H]2CCCN2C(=O)c2ccnc(-n3ccnc3)c2)c1. The van der Waals surface area contributed by atoms with E-state index in [1.54, 1.807) is 36.5 Å². The molecule has 1 amide bonds. The predicted octanol–water partition coefficient (Wildman–Crippen LogP) is 3.12. The number of methoxy groups -OCH3 is 1. The van der Waals surface area contributed by atoms with Crippen LogP contribution < -0.4 is 4.74 Å². The van der Waals surface area contributed by atoms with Crippen LogP contribution in [-0.4, -0.2) is 45.0 Å². The third-order valence-corrected chi connectivity index (χ3v) is 5.00. The van der Waals surface area contributed by atoms with Gasteiger partial charge in [0.15, 0.2) is 0 Å². The van der Waals surface area contributed by atoms with Gasteiger partial charge in [-0.3, -0.25) is 9.36 Å². The maximum absolute atomic E-state index is 13.1. The third kappa shape index (κ3) is 3.69. The van der Waals surface area contributed by atoms with Crippen molar-refractivity contribution in [2.45, 2.75) is 25.3 Å². The summed E-state index contributed by atoms with van der Waals surface area (Å²) in [4.78, 5) is 23.5. The van der Waals surface area contributed by atoms with Crippen LogP contribution >= 0.6 is 0 Å². The maximum atomic E-state index is 13.1. The average molecular weight is 362 g/mol. The van der Waals surface area contributed by atoms with Crippen molar-refractivity contribution >= 4 is 5.91 Å². The summed E-state index contributed by atoms with van der Waals surface area (Å²) in [5.41, 5.74) is 1.85. The Morgan fingerprint density at radius 1 is 1.26 bits per heavy atom. The fourth-order valence-corrected chi connectivity index (χ4v) is 3.64. The summed E-state index contributed by atoms with van der Waals surface area (Å²) in [7, 11) is 1.67. The molecule has 0 bridgehead atoms. The zero-order valence-electron chi connectivity index (χ0n) is 15.3. The largest absolute Gasteiger partial charge is 0.497 e. The lowest BCUT2D eigenvalue weighted by Gasteiger charge is -2.25. The maximum Gasteiger partial charge on any atom is 0.254 e. The molecule has 0 saturated carbocycles. The van der Waals surface area contributed by atoms with Gasteiger partial charge in [0, 0.05) is 36.7 Å². The van der Waals surface area contributed by atoms with Gasteiger partial charge in [0.05, 0.1) is 7.11 Å². The van der Waals surface area contributed by atoms with E-state index in [9.17, 15) is 4.79 Å². The van der Waals surface area contributed by atoms with Crippen molar-refractivity contribution < 1.29 is 9.53 Å². The first-order valence-corrected chi connectivity index (χ1v) is 9.13. The number of nitrogens with zero attached hydrogens (tertiary/aromatic N) is 4. The first kappa shape index (κ1) is 17.3. The number of carbonyl (C=O) groups is 1. The van der Waals surface area contributed by atoms with Gasteiger partial charge in [-0.25, -0.2) is 9.97 Å². The van der Waals surface area contributed by atoms with Gasteiger partial charge in [0.1, 0.15) is 17.9 Å². The number of hydrogen-bond donors (Lipinski definition) is 0. The number of hydrogen-bond acceptors (Lipinski definition) is 4. The molecule has 1 aliphatic heterocycles. The van der Waals surface area contributed by atoms with Crippen LogP contribution in [0.2, 0.25) is 0 Å². The Balaban J connectivity index is 1.53. The summed E-state index contributed by atoms with van der Waals surface area (Å²) in [6.07, 6.45) is 9.75. The molecule has 6 heteroatoms. The van der Waals surface area contributed by atoms with E-state index in [2.05, 4.69) is 16.0 Å². The molecule has 4 rings (SSSR count). The molecule has 1 atom stereocenters. The van der Waals surface area contributed by atoms with Crippen molar-refractivity contribution in [3.63, 3.8) is 0 Å². The second kappa shape index (κ2) is 7.61. The van der Waals surface area contributed by atoms with Crippen molar-refractivity contribution in [3.05, 3.63) is 72.4 Å². The van der Waals surface area contributed by atoms with Crippen molar-refractivity contribution in [1.29, 1.82) is 0 Å². The Kier molecular flexibility index (Phi) is 4.87. The second-order valence-corrected chi connectivity index (χ2v) is 6.72. The van der Waals surface area contributed by atoms with Gasteiger partial charge in [-0.15, -0.1) is 0 Å². The number of rotatable bonds is 5. The monoisotopic (exact) mass is 362 g/mol. The number of likely N-dealkylation sites (tertiary alicyclic amines) is 1. The van der Waals surface area contributed by atoms with Crippen LogP contribution in [0.5, 0.6) is 5.75 Å². The normalized spacial score (nSPS) is 16.5. The number of aromatic nitrogens is 3. The van der Waals surface area contributed by atoms with Crippen LogP contribution in [0.25, 0.3) is 5.82 Å². The third-order valence-electron chi connectivity index (χ3n) is 5.00. The minimum Gasteiger partial charge on any atom is -0.497 e. The van der Waals surface area contributed by atoms with E-state index in [4.69, 9.17) is 4.74 Å². The van der Waals surface area contributed by atoms with Crippen LogP contribution in [0.3, 0.4) is 0 Å². The van der Waals surface area contributed by atoms with Gasteiger partial charge in [-0.1, -0.05) is 12.1 Å². The lowest BCUT2D eigenvalue weighted by atomic mass is 10.0. The number of imidazole rings is 1. The molecule has 1 fully saturated rings. The van der Waals surface area contributed by atoms with Crippen LogP contribution in [-0.2, 0) is 6.42 Å². The topological polar surface area (TPSA) is 60.2 Å². The molecular formula is C21H22N4O2. The number of pyridine rings is 1. The lowest BCUT2D eigenvalue weighted by molar-refractivity contribution is 0.0736. The number of carbonyl (C=O) groups excluding carboxylic acids is 1. The summed E-state index contributed by atoms with van der Waals surface area (Å²) >= 11 is 0. The Labute approximate surface area is 158 Å². The molecule has 1 saturated heterocycles. The molecule has 27 heavy (non-hydrogen) atoms. The number of benzene rings is 1. The molecule has 0 radical (unpaired) electrons. The zero-order valence-corrected chi connectivity index (χ0v) is 15.3. The molecule has 0 aliphatic carbocycles. The van der Waals surface area contributed by atoms with Crippen molar-refractivity contribution in [1.82, 2.24) is 19.4 Å². The van der Waals surface area contributed by atoms with E-state index in [0.29, 0.717) is 11.4 Å². The molecule has 3 heterocycles. The highest BCUT2D eigenvalue weighted by atomic mass is 16.5. The molecule has 0 spiro atoms. The molecule has 2 aromatic heterocycles. The molecule has 6 nitrogen and oxygen atoms in total. The summed E-state index contributed by atoms with van der Waals surface area (Å²) in [6.45, 7) is 0.788. The first-order chi connectivity index (χ1) is 13.2. The summed E-state index contributed by atoms with van der Waals surface area (Å²) in [5, 5.41) is 0. The Morgan fingerprint density at radius 2 is 2.19 bits per heavy atom. The molecule has 0 unspecified atom stereocenters. The summed E-state index contributed by atoms with van der Waals surface area (Å²) in [6, 6.07) is 11.9. The highest BCUT2D eigenvalue weighted by Gasteiger charge is 2.29. The molecule has 1 aliphatic rings. The predicted molar refractivity (Wildman–Crippen MR) is 102 cm³/mol. The van der Waals surface area contributed by atoms with Crippen LogP contribution in [0.4, 0.5) is 0 Å². The van der Waals surface area contributed by atoms with E-state index in [-0.39, 0.29) is 11.9 Å². The van der Waals surface area contributed by atoms with Crippen molar-refractivity contribution in [2.75, 3.05) is 13.7 Å². The minimum absolute atomic E-state index is 0.0594. The first-order valence-electron chi connectivity index (χ1n) is 9.13. The van der Waals surface area contributed by atoms with Gasteiger partial charge in [0.25, 0.3) is 5.91 Å². The zero-order chi connectivity index (χ0) is 18.6. The molecule has 3 aromatic rings. The van der Waals surface area contributed by atoms with Gasteiger partial charge in [0.2, 0.25) is 0 Å². The van der Waals surface area contributed by atoms with Gasteiger partial charge in [-0.2, -0.15) is 0 Å². The minimum atomic E-state index is 0.0594. The fourth-order valence-electron chi connectivity index (χ4n) is 3.64. The lowest BCUT2D eigenvalue weighted by Crippen LogP contribution is -2.36. The highest BCUT2D eigenvalue weighted by molar-refractivity contribution is 5.95. The Morgan fingerprint density at radius 3 is 3.00 bits per heavy atom. The average Bonchev–Trinajstić information content (AvgIpc) is 3.40. The standard InChI is InChI=1S/C21H22N4O2/c1-27-19-6-2-4-16(13-19)12-18-5-3-10-25(18)21(26)17-7-8-23-20(14-17)24-11-9-22-15-24/h2,4,6-9,11,13-15,18H,3,5,10,12H2,1H3/t18-/m1/s1. The van der Waals surface area contributed by atoms with Gasteiger partial charge in [-0.05, 0) is 49.1 Å². The molecule has 138 valence electrons. The Bertz CT molecular complexity index is 923. The van der Waals surface area contributed by atoms with E-state index >= 15 is 0 Å². The molecule has 0 N–H and O–H groups in total. The molecular weight excluding hydrogens is 340 g/mol. The number of ether oxygens (including phenoxy) is 1. The summed E-state index contributed by atoms with van der Waals surface area (Å²) in [5.74, 6) is 1.61. The summed E-state index contributed by atoms with van der Waals surface area (Å²) < 4.78 is 7.12. The van der Waals surface area contributed by atoms with Crippen LogP contribution in [0, 0.1) is 0 Å². The van der Waals surface area contributed by atoms with E-state index in [1.807, 2.05) is 35.4 Å². The molecule has 1 aromatic carbocycles. The quantitative estimate of drug-likeness (QED) is 0.700. The van der Waals surface area contributed by atoms with Crippen molar-refractivity contribution in [3.8, 4) is 11.6 Å². The number of amides is 1. The highest BCUT2D eigenvalue weighted by Crippen LogP contribution is 2.25. The smallest absolute Gasteiger partial charge is 0.254 e. The van der Waals surface area contributed by atoms with Gasteiger partial charge >= 0.3 is 0 Å². The van der Waals surface area contributed by atoms with Crippen LogP contribution in [0.1, 0.15) is 28.8 Å². The van der Waals surface area contributed by atoms with Crippen LogP contribution in [0.15, 0.2) is 61.3 Å². The van der Waals surface area contributed by atoms with Gasteiger partial charge < -0.3 is 9.64 Å². The van der Waals surface area contributed by atoms with E-state index < -0.39 is 0 Å². The van der Waals surface area contributed by atoms with E-state index in [0.717, 1.165) is 31.6 Å².